The first-order valence-electron chi connectivity index (χ1n) is 11.4. The zero-order chi connectivity index (χ0) is 23.4. The van der Waals surface area contributed by atoms with Crippen LogP contribution in [0.5, 0.6) is 0 Å². The second-order valence-corrected chi connectivity index (χ2v) is 10.5. The van der Waals surface area contributed by atoms with Crippen LogP contribution in [0.1, 0.15) is 40.7 Å². The van der Waals surface area contributed by atoms with Crippen molar-refractivity contribution in [3.05, 3.63) is 70.3 Å². The molecule has 2 N–H and O–H groups in total. The van der Waals surface area contributed by atoms with E-state index in [4.69, 9.17) is 4.74 Å². The van der Waals surface area contributed by atoms with E-state index < -0.39 is 10.0 Å². The number of hydrogen-bond acceptors (Lipinski definition) is 5. The van der Waals surface area contributed by atoms with Crippen molar-refractivity contribution in [1.29, 1.82) is 0 Å². The maximum absolute atomic E-state index is 12.7. The molecule has 1 fully saturated rings. The first kappa shape index (κ1) is 23.5. The molecular formula is C25H31N3O4S. The van der Waals surface area contributed by atoms with Crippen LogP contribution in [0.2, 0.25) is 0 Å². The number of hydrogen-bond donors (Lipinski definition) is 2. The number of sulfonamides is 1. The normalized spacial score (nSPS) is 16.6. The standard InChI is InChI=1S/C25H31N3O4S/c1-18-16-19(2)22-4-3-5-24(23(22)17-18)26-27-25(29)11-8-20-6-9-21(10-7-20)33(30,31)28-12-14-32-15-13-28/h5-7,9-10,16-17,26H,3-4,8,11-15H2,1-2H3,(H,27,29). The van der Waals surface area contributed by atoms with Crippen LogP contribution < -0.4 is 10.9 Å². The van der Waals surface area contributed by atoms with Gasteiger partial charge in [0.05, 0.1) is 23.8 Å². The summed E-state index contributed by atoms with van der Waals surface area (Å²) in [5, 5.41) is 0. The van der Waals surface area contributed by atoms with E-state index in [1.807, 2.05) is 0 Å². The Bertz CT molecular complexity index is 1150. The Morgan fingerprint density at radius 2 is 1.82 bits per heavy atom. The van der Waals surface area contributed by atoms with Gasteiger partial charge in [-0.1, -0.05) is 29.8 Å². The molecular weight excluding hydrogens is 438 g/mol. The highest BCUT2D eigenvalue weighted by Crippen LogP contribution is 2.28. The first-order valence-corrected chi connectivity index (χ1v) is 12.8. The lowest BCUT2D eigenvalue weighted by atomic mass is 9.89. The van der Waals surface area contributed by atoms with E-state index in [-0.39, 0.29) is 10.8 Å². The van der Waals surface area contributed by atoms with Gasteiger partial charge in [0.15, 0.2) is 0 Å². The molecule has 1 amide bonds. The third-order valence-electron chi connectivity index (χ3n) is 6.16. The highest BCUT2D eigenvalue weighted by atomic mass is 32.2. The molecule has 1 aliphatic heterocycles. The van der Waals surface area contributed by atoms with Crippen LogP contribution in [0.25, 0.3) is 5.70 Å². The van der Waals surface area contributed by atoms with E-state index in [1.165, 1.54) is 21.0 Å². The SMILES string of the molecule is Cc1cc(C)c2c(c1)C(NNC(=O)CCc1ccc(S(=O)(=O)N3CCOCC3)cc1)=CCC2. The maximum atomic E-state index is 12.7. The summed E-state index contributed by atoms with van der Waals surface area (Å²) in [6, 6.07) is 11.1. The molecule has 2 aromatic rings. The van der Waals surface area contributed by atoms with Crippen LogP contribution in [-0.4, -0.2) is 44.9 Å². The summed E-state index contributed by atoms with van der Waals surface area (Å²) >= 11 is 0. The third-order valence-corrected chi connectivity index (χ3v) is 8.07. The molecule has 2 aliphatic rings. The van der Waals surface area contributed by atoms with Crippen molar-refractivity contribution in [1.82, 2.24) is 15.2 Å². The average molecular weight is 470 g/mol. The molecule has 2 aromatic carbocycles. The summed E-state index contributed by atoms with van der Waals surface area (Å²) < 4.78 is 32.1. The van der Waals surface area contributed by atoms with Crippen molar-refractivity contribution >= 4 is 21.6 Å². The van der Waals surface area contributed by atoms with Gasteiger partial charge in [-0.15, -0.1) is 0 Å². The van der Waals surface area contributed by atoms with Gasteiger partial charge in [0.25, 0.3) is 0 Å². The molecule has 0 radical (unpaired) electrons. The van der Waals surface area contributed by atoms with E-state index in [9.17, 15) is 13.2 Å². The van der Waals surface area contributed by atoms with Crippen LogP contribution in [0.4, 0.5) is 0 Å². The van der Waals surface area contributed by atoms with Gasteiger partial charge in [-0.3, -0.25) is 15.6 Å². The number of aryl methyl sites for hydroxylation is 3. The Balaban J connectivity index is 1.31. The van der Waals surface area contributed by atoms with Gasteiger partial charge in [0, 0.05) is 25.1 Å². The van der Waals surface area contributed by atoms with E-state index in [0.717, 1.165) is 29.7 Å². The van der Waals surface area contributed by atoms with Gasteiger partial charge in [-0.25, -0.2) is 8.42 Å². The number of nitrogens with zero attached hydrogens (tertiary/aromatic N) is 1. The number of fused-ring (bicyclic) bond motifs is 1. The topological polar surface area (TPSA) is 87.7 Å². The number of morpholine rings is 1. The van der Waals surface area contributed by atoms with E-state index in [2.05, 4.69) is 42.9 Å². The molecule has 176 valence electrons. The van der Waals surface area contributed by atoms with Gasteiger partial charge in [-0.2, -0.15) is 4.31 Å². The molecule has 1 heterocycles. The monoisotopic (exact) mass is 469 g/mol. The minimum absolute atomic E-state index is 0.114. The Hall–Kier alpha value is -2.68. The molecule has 4 rings (SSSR count). The van der Waals surface area contributed by atoms with Crippen LogP contribution >= 0.6 is 0 Å². The lowest BCUT2D eigenvalue weighted by molar-refractivity contribution is -0.121. The summed E-state index contributed by atoms with van der Waals surface area (Å²) in [5.41, 5.74) is 12.7. The Kier molecular flexibility index (Phi) is 7.17. The highest BCUT2D eigenvalue weighted by molar-refractivity contribution is 7.89. The number of benzene rings is 2. The van der Waals surface area contributed by atoms with Crippen molar-refractivity contribution in [2.45, 2.75) is 44.4 Å². The number of carbonyl (C=O) groups excluding carboxylic acids is 1. The fourth-order valence-corrected chi connectivity index (χ4v) is 5.79. The number of hydrazine groups is 1. The number of nitrogens with one attached hydrogen (secondary N) is 2. The lowest BCUT2D eigenvalue weighted by Gasteiger charge is -2.26. The maximum Gasteiger partial charge on any atom is 0.243 e. The fraction of sp³-hybridized carbons (Fsp3) is 0.400. The number of allylic oxidation sites excluding steroid dienone is 1. The summed E-state index contributed by atoms with van der Waals surface area (Å²) in [6.45, 7) is 5.79. The molecule has 0 bridgehead atoms. The van der Waals surface area contributed by atoms with E-state index in [1.54, 1.807) is 24.3 Å². The van der Waals surface area contributed by atoms with Crippen LogP contribution in [0, 0.1) is 13.8 Å². The van der Waals surface area contributed by atoms with E-state index in [0.29, 0.717) is 39.1 Å². The average Bonchev–Trinajstić information content (AvgIpc) is 2.82. The predicted octanol–water partition coefficient (Wildman–Crippen LogP) is 2.87. The van der Waals surface area contributed by atoms with Crippen LogP contribution in [-0.2, 0) is 32.4 Å². The molecule has 8 heteroatoms. The van der Waals surface area contributed by atoms with Gasteiger partial charge >= 0.3 is 0 Å². The minimum Gasteiger partial charge on any atom is -0.379 e. The summed E-state index contributed by atoms with van der Waals surface area (Å²) in [6.07, 6.45) is 4.90. The fourth-order valence-electron chi connectivity index (χ4n) is 4.38. The summed E-state index contributed by atoms with van der Waals surface area (Å²) in [5.74, 6) is -0.114. The molecule has 0 aromatic heterocycles. The molecule has 7 nitrogen and oxygen atoms in total. The second-order valence-electron chi connectivity index (χ2n) is 8.60. The Morgan fingerprint density at radius 3 is 2.55 bits per heavy atom. The summed E-state index contributed by atoms with van der Waals surface area (Å²) in [7, 11) is -3.50. The molecule has 0 unspecified atom stereocenters. The number of ether oxygens (including phenoxy) is 1. The molecule has 1 saturated heterocycles. The highest BCUT2D eigenvalue weighted by Gasteiger charge is 2.26. The smallest absolute Gasteiger partial charge is 0.243 e. The van der Waals surface area contributed by atoms with Gasteiger partial charge in [-0.05, 0) is 68.0 Å². The van der Waals surface area contributed by atoms with Crippen molar-refractivity contribution < 1.29 is 17.9 Å². The van der Waals surface area contributed by atoms with Crippen molar-refractivity contribution in [3.8, 4) is 0 Å². The molecule has 1 aliphatic carbocycles. The Labute approximate surface area is 195 Å². The molecule has 0 saturated carbocycles. The molecule has 0 atom stereocenters. The summed E-state index contributed by atoms with van der Waals surface area (Å²) in [4.78, 5) is 12.7. The quantitative estimate of drug-likeness (QED) is 0.609. The predicted molar refractivity (Wildman–Crippen MR) is 128 cm³/mol. The zero-order valence-electron chi connectivity index (χ0n) is 19.2. The largest absolute Gasteiger partial charge is 0.379 e. The zero-order valence-corrected chi connectivity index (χ0v) is 20.0. The Morgan fingerprint density at radius 1 is 1.09 bits per heavy atom. The van der Waals surface area contributed by atoms with Crippen LogP contribution in [0.15, 0.2) is 47.4 Å². The lowest BCUT2D eigenvalue weighted by Crippen LogP contribution is -2.40. The van der Waals surface area contributed by atoms with Crippen molar-refractivity contribution in [3.63, 3.8) is 0 Å². The minimum atomic E-state index is -3.50. The molecule has 0 spiro atoms. The molecule has 33 heavy (non-hydrogen) atoms. The number of rotatable bonds is 7. The van der Waals surface area contributed by atoms with Crippen molar-refractivity contribution in [2.24, 2.45) is 0 Å². The number of carbonyl (C=O) groups is 1. The van der Waals surface area contributed by atoms with Gasteiger partial charge in [0.2, 0.25) is 15.9 Å². The van der Waals surface area contributed by atoms with Gasteiger partial charge in [0.1, 0.15) is 0 Å². The van der Waals surface area contributed by atoms with Crippen molar-refractivity contribution in [2.75, 3.05) is 26.3 Å². The first-order chi connectivity index (χ1) is 15.8. The van der Waals surface area contributed by atoms with E-state index >= 15 is 0 Å². The second kappa shape index (κ2) is 10.1. The number of amides is 1. The van der Waals surface area contributed by atoms with Gasteiger partial charge < -0.3 is 4.74 Å². The van der Waals surface area contributed by atoms with Crippen LogP contribution in [0.3, 0.4) is 0 Å². The third kappa shape index (κ3) is 5.46.